The highest BCUT2D eigenvalue weighted by molar-refractivity contribution is 5.10. The highest BCUT2D eigenvalue weighted by Crippen LogP contribution is 2.24. The summed E-state index contributed by atoms with van der Waals surface area (Å²) in [6.45, 7) is 5.40. The van der Waals surface area contributed by atoms with E-state index in [0.717, 1.165) is 38.2 Å². The molecule has 3 unspecified atom stereocenters. The first kappa shape index (κ1) is 15.4. The predicted octanol–water partition coefficient (Wildman–Crippen LogP) is 1.56. The van der Waals surface area contributed by atoms with E-state index in [1.54, 1.807) is 6.07 Å². The van der Waals surface area contributed by atoms with Gasteiger partial charge >= 0.3 is 0 Å². The molecule has 0 spiro atoms. The van der Waals surface area contributed by atoms with E-state index in [1.165, 1.54) is 12.3 Å². The van der Waals surface area contributed by atoms with Crippen molar-refractivity contribution in [2.45, 2.75) is 25.8 Å². The van der Waals surface area contributed by atoms with Gasteiger partial charge in [0.15, 0.2) is 0 Å². The largest absolute Gasteiger partial charge is 0.396 e. The van der Waals surface area contributed by atoms with E-state index in [4.69, 9.17) is 10.8 Å². The number of halogens is 1. The Hall–Kier alpha value is -1.04. The standard InChI is InChI=1S/C15H24FN3O/c1-11(9-19-6-4-12(10-19)5-7-20)15(17)14-3-2-13(16)8-18-14/h2-3,8,11-12,15,20H,4-7,9-10,17H2,1H3. The number of pyridine rings is 1. The van der Waals surface area contributed by atoms with Gasteiger partial charge < -0.3 is 15.7 Å². The maximum absolute atomic E-state index is 12.9. The fraction of sp³-hybridized carbons (Fsp3) is 0.667. The van der Waals surface area contributed by atoms with E-state index in [9.17, 15) is 4.39 Å². The molecule has 2 rings (SSSR count). The lowest BCUT2D eigenvalue weighted by Gasteiger charge is -2.25. The summed E-state index contributed by atoms with van der Waals surface area (Å²) in [5.41, 5.74) is 6.95. The van der Waals surface area contributed by atoms with Gasteiger partial charge in [-0.15, -0.1) is 0 Å². The smallest absolute Gasteiger partial charge is 0.141 e. The van der Waals surface area contributed by atoms with Crippen LogP contribution in [0.2, 0.25) is 0 Å². The van der Waals surface area contributed by atoms with Crippen LogP contribution in [0.1, 0.15) is 31.5 Å². The normalized spacial score (nSPS) is 22.9. The molecule has 1 aliphatic rings. The van der Waals surface area contributed by atoms with Gasteiger partial charge in [-0.3, -0.25) is 4.98 Å². The lowest BCUT2D eigenvalue weighted by atomic mass is 9.98. The minimum absolute atomic E-state index is 0.174. The summed E-state index contributed by atoms with van der Waals surface area (Å²) in [5, 5.41) is 8.98. The molecule has 1 aliphatic heterocycles. The third-order valence-electron chi connectivity index (χ3n) is 4.16. The summed E-state index contributed by atoms with van der Waals surface area (Å²) >= 11 is 0. The fourth-order valence-electron chi connectivity index (χ4n) is 2.89. The second-order valence-electron chi connectivity index (χ2n) is 5.83. The Morgan fingerprint density at radius 2 is 2.35 bits per heavy atom. The molecule has 20 heavy (non-hydrogen) atoms. The lowest BCUT2D eigenvalue weighted by Crippen LogP contribution is -2.32. The molecule has 0 bridgehead atoms. The van der Waals surface area contributed by atoms with Crippen molar-refractivity contribution < 1.29 is 9.50 Å². The van der Waals surface area contributed by atoms with Crippen molar-refractivity contribution >= 4 is 0 Å². The average Bonchev–Trinajstić information content (AvgIpc) is 2.86. The van der Waals surface area contributed by atoms with Crippen molar-refractivity contribution in [2.75, 3.05) is 26.2 Å². The number of hydrogen-bond donors (Lipinski definition) is 2. The first-order valence-corrected chi connectivity index (χ1v) is 7.30. The molecular formula is C15H24FN3O. The van der Waals surface area contributed by atoms with Gasteiger partial charge in [-0.05, 0) is 43.4 Å². The summed E-state index contributed by atoms with van der Waals surface area (Å²) in [4.78, 5) is 6.46. The van der Waals surface area contributed by atoms with Crippen LogP contribution >= 0.6 is 0 Å². The number of nitrogens with zero attached hydrogens (tertiary/aromatic N) is 2. The molecule has 1 aromatic rings. The number of aromatic nitrogens is 1. The second-order valence-corrected chi connectivity index (χ2v) is 5.83. The molecule has 0 aliphatic carbocycles. The van der Waals surface area contributed by atoms with Gasteiger partial charge in [0.1, 0.15) is 5.82 Å². The number of rotatable bonds is 6. The van der Waals surface area contributed by atoms with Crippen molar-refractivity contribution in [3.8, 4) is 0 Å². The van der Waals surface area contributed by atoms with Crippen LogP contribution in [0.15, 0.2) is 18.3 Å². The molecule has 0 aromatic carbocycles. The molecule has 1 aromatic heterocycles. The molecule has 2 heterocycles. The minimum Gasteiger partial charge on any atom is -0.396 e. The van der Waals surface area contributed by atoms with Crippen LogP contribution in [0.25, 0.3) is 0 Å². The van der Waals surface area contributed by atoms with E-state index >= 15 is 0 Å². The summed E-state index contributed by atoms with van der Waals surface area (Å²) < 4.78 is 12.9. The SMILES string of the molecule is CC(CN1CCC(CCO)C1)C(N)c1ccc(F)cn1. The van der Waals surface area contributed by atoms with Crippen LogP contribution in [0.3, 0.4) is 0 Å². The Morgan fingerprint density at radius 3 is 3.00 bits per heavy atom. The van der Waals surface area contributed by atoms with Gasteiger partial charge in [0, 0.05) is 19.7 Å². The van der Waals surface area contributed by atoms with Crippen LogP contribution in [-0.4, -0.2) is 41.2 Å². The van der Waals surface area contributed by atoms with Crippen molar-refractivity contribution in [1.82, 2.24) is 9.88 Å². The van der Waals surface area contributed by atoms with Gasteiger partial charge in [0.2, 0.25) is 0 Å². The van der Waals surface area contributed by atoms with Gasteiger partial charge in [0.05, 0.1) is 17.9 Å². The van der Waals surface area contributed by atoms with Gasteiger partial charge in [-0.1, -0.05) is 6.92 Å². The number of aliphatic hydroxyl groups is 1. The first-order valence-electron chi connectivity index (χ1n) is 7.30. The third-order valence-corrected chi connectivity index (χ3v) is 4.16. The first-order chi connectivity index (χ1) is 9.60. The van der Waals surface area contributed by atoms with E-state index < -0.39 is 0 Å². The van der Waals surface area contributed by atoms with Crippen molar-refractivity contribution in [2.24, 2.45) is 17.6 Å². The van der Waals surface area contributed by atoms with E-state index in [-0.39, 0.29) is 24.4 Å². The Labute approximate surface area is 119 Å². The van der Waals surface area contributed by atoms with Crippen LogP contribution in [0.5, 0.6) is 0 Å². The minimum atomic E-state index is -0.333. The Bertz CT molecular complexity index is 412. The molecule has 3 N–H and O–H groups in total. The maximum atomic E-state index is 12.9. The van der Waals surface area contributed by atoms with Gasteiger partial charge in [-0.25, -0.2) is 4.39 Å². The van der Waals surface area contributed by atoms with Crippen LogP contribution in [0.4, 0.5) is 4.39 Å². The predicted molar refractivity (Wildman–Crippen MR) is 76.5 cm³/mol. The lowest BCUT2D eigenvalue weighted by molar-refractivity contribution is 0.233. The van der Waals surface area contributed by atoms with E-state index in [0.29, 0.717) is 5.92 Å². The summed E-state index contributed by atoms with van der Waals surface area (Å²) in [7, 11) is 0. The molecule has 112 valence electrons. The molecule has 1 fully saturated rings. The second kappa shape index (κ2) is 7.11. The average molecular weight is 281 g/mol. The molecular weight excluding hydrogens is 257 g/mol. The van der Waals surface area contributed by atoms with Crippen molar-refractivity contribution in [3.63, 3.8) is 0 Å². The molecule has 0 saturated carbocycles. The zero-order chi connectivity index (χ0) is 14.5. The highest BCUT2D eigenvalue weighted by atomic mass is 19.1. The monoisotopic (exact) mass is 281 g/mol. The maximum Gasteiger partial charge on any atom is 0.141 e. The molecule has 3 atom stereocenters. The summed E-state index contributed by atoms with van der Waals surface area (Å²) in [5.74, 6) is 0.535. The zero-order valence-electron chi connectivity index (χ0n) is 12.0. The molecule has 4 nitrogen and oxygen atoms in total. The number of hydrogen-bond acceptors (Lipinski definition) is 4. The van der Waals surface area contributed by atoms with Crippen molar-refractivity contribution in [1.29, 1.82) is 0 Å². The van der Waals surface area contributed by atoms with Crippen LogP contribution in [-0.2, 0) is 0 Å². The van der Waals surface area contributed by atoms with Crippen LogP contribution < -0.4 is 5.73 Å². The summed E-state index contributed by atoms with van der Waals surface area (Å²) in [6.07, 6.45) is 3.25. The van der Waals surface area contributed by atoms with E-state index in [2.05, 4.69) is 16.8 Å². The third kappa shape index (κ3) is 3.98. The zero-order valence-corrected chi connectivity index (χ0v) is 12.0. The van der Waals surface area contributed by atoms with Crippen molar-refractivity contribution in [3.05, 3.63) is 29.8 Å². The number of likely N-dealkylation sites (tertiary alicyclic amines) is 1. The highest BCUT2D eigenvalue weighted by Gasteiger charge is 2.25. The number of nitrogens with two attached hydrogens (primary N) is 1. The molecule has 1 saturated heterocycles. The van der Waals surface area contributed by atoms with Crippen LogP contribution in [0, 0.1) is 17.7 Å². The Balaban J connectivity index is 1.85. The molecule has 5 heteroatoms. The fourth-order valence-corrected chi connectivity index (χ4v) is 2.89. The Kier molecular flexibility index (Phi) is 5.46. The molecule has 0 amide bonds. The van der Waals surface area contributed by atoms with Gasteiger partial charge in [-0.2, -0.15) is 0 Å². The quantitative estimate of drug-likeness (QED) is 0.830. The summed E-state index contributed by atoms with van der Waals surface area (Å²) in [6, 6.07) is 2.89. The Morgan fingerprint density at radius 1 is 1.55 bits per heavy atom. The molecule has 0 radical (unpaired) electrons. The number of aliphatic hydroxyl groups excluding tert-OH is 1. The van der Waals surface area contributed by atoms with Gasteiger partial charge in [0.25, 0.3) is 0 Å². The topological polar surface area (TPSA) is 62.4 Å². The van der Waals surface area contributed by atoms with E-state index in [1.807, 2.05) is 0 Å².